The highest BCUT2D eigenvalue weighted by molar-refractivity contribution is 9.10. The highest BCUT2D eigenvalue weighted by Crippen LogP contribution is 2.38. The lowest BCUT2D eigenvalue weighted by atomic mass is 10.1. The Morgan fingerprint density at radius 1 is 1.22 bits per heavy atom. The fraction of sp³-hybridized carbons (Fsp3) is 0. The number of primary amides is 1. The van der Waals surface area contributed by atoms with Crippen molar-refractivity contribution >= 4 is 49.5 Å². The monoisotopic (exact) mass is 304 g/mol. The molecule has 0 aliphatic heterocycles. The first-order valence-electron chi connectivity index (χ1n) is 5.28. The van der Waals surface area contributed by atoms with E-state index in [4.69, 9.17) is 15.9 Å². The van der Waals surface area contributed by atoms with E-state index >= 15 is 0 Å². The molecule has 2 aromatic carbocycles. The van der Waals surface area contributed by atoms with E-state index in [1.165, 1.54) is 0 Å². The molecule has 3 rings (SSSR count). The number of carbonyl (C=O) groups excluding carboxylic acids is 1. The minimum Gasteiger partial charge on any atom is -0.455 e. The summed E-state index contributed by atoms with van der Waals surface area (Å²) in [6, 6.07) is 9.25. The minimum absolute atomic E-state index is 0.293. The number of benzene rings is 2. The molecule has 0 atom stereocenters. The molecule has 0 fully saturated rings. The number of para-hydroxylation sites is 1. The van der Waals surface area contributed by atoms with Gasteiger partial charge < -0.3 is 15.9 Å². The molecule has 0 saturated heterocycles. The van der Waals surface area contributed by atoms with Gasteiger partial charge in [-0.1, -0.05) is 18.2 Å². The normalized spacial score (nSPS) is 11.2. The van der Waals surface area contributed by atoms with E-state index in [2.05, 4.69) is 15.9 Å². The van der Waals surface area contributed by atoms with Crippen LogP contribution in [0.4, 0.5) is 5.69 Å². The summed E-state index contributed by atoms with van der Waals surface area (Å²) in [4.78, 5) is 11.4. The molecule has 3 aromatic rings. The summed E-state index contributed by atoms with van der Waals surface area (Å²) in [6.07, 6.45) is 0. The smallest absolute Gasteiger partial charge is 0.250 e. The summed E-state index contributed by atoms with van der Waals surface area (Å²) in [5, 5.41) is 1.75. The Morgan fingerprint density at radius 2 is 1.94 bits per heavy atom. The average molecular weight is 305 g/mol. The maximum absolute atomic E-state index is 11.4. The molecule has 4 nitrogen and oxygen atoms in total. The van der Waals surface area contributed by atoms with Gasteiger partial charge in [0.1, 0.15) is 5.58 Å². The number of nitrogens with two attached hydrogens (primary N) is 2. The number of furan rings is 1. The molecule has 0 aliphatic rings. The van der Waals surface area contributed by atoms with Crippen molar-refractivity contribution in [2.75, 3.05) is 5.73 Å². The van der Waals surface area contributed by atoms with Gasteiger partial charge in [0.2, 0.25) is 0 Å². The Kier molecular flexibility index (Phi) is 2.31. The molecule has 0 saturated carbocycles. The molecule has 90 valence electrons. The molecular formula is C13H9BrN2O2. The van der Waals surface area contributed by atoms with E-state index in [9.17, 15) is 4.79 Å². The molecular weight excluding hydrogens is 296 g/mol. The largest absolute Gasteiger partial charge is 0.455 e. The van der Waals surface area contributed by atoms with Crippen molar-refractivity contribution in [1.82, 2.24) is 0 Å². The summed E-state index contributed by atoms with van der Waals surface area (Å²) in [6.45, 7) is 0. The van der Waals surface area contributed by atoms with E-state index in [1.807, 2.05) is 24.3 Å². The van der Waals surface area contributed by atoms with E-state index in [0.717, 1.165) is 16.4 Å². The van der Waals surface area contributed by atoms with Gasteiger partial charge >= 0.3 is 0 Å². The second-order valence-corrected chi connectivity index (χ2v) is 4.78. The van der Waals surface area contributed by atoms with Crippen molar-refractivity contribution in [3.05, 3.63) is 40.4 Å². The number of nitrogen functional groups attached to an aromatic ring is 1. The number of hydrogen-bond acceptors (Lipinski definition) is 3. The summed E-state index contributed by atoms with van der Waals surface area (Å²) in [5.74, 6) is -0.555. The zero-order valence-corrected chi connectivity index (χ0v) is 10.8. The maximum Gasteiger partial charge on any atom is 0.250 e. The molecule has 0 spiro atoms. The SMILES string of the molecule is NC(=O)c1cc2c(oc3ccccc32)c(Br)c1N. The number of anilines is 1. The van der Waals surface area contributed by atoms with Crippen LogP contribution in [0.1, 0.15) is 10.4 Å². The van der Waals surface area contributed by atoms with Gasteiger partial charge in [-0.3, -0.25) is 4.79 Å². The molecule has 0 bridgehead atoms. The molecule has 1 amide bonds. The Morgan fingerprint density at radius 3 is 2.67 bits per heavy atom. The molecule has 0 aliphatic carbocycles. The number of halogens is 1. The number of fused-ring (bicyclic) bond motifs is 3. The maximum atomic E-state index is 11.4. The van der Waals surface area contributed by atoms with Gasteiger partial charge in [-0.05, 0) is 28.1 Å². The topological polar surface area (TPSA) is 82.2 Å². The van der Waals surface area contributed by atoms with Gasteiger partial charge in [0.05, 0.1) is 15.7 Å². The second kappa shape index (κ2) is 3.74. The molecule has 1 aromatic heterocycles. The van der Waals surface area contributed by atoms with E-state index in [0.29, 0.717) is 21.3 Å². The Balaban J connectivity index is 2.54. The third kappa shape index (κ3) is 1.41. The van der Waals surface area contributed by atoms with Gasteiger partial charge in [0, 0.05) is 10.8 Å². The van der Waals surface area contributed by atoms with Gasteiger partial charge in [-0.15, -0.1) is 0 Å². The number of carbonyl (C=O) groups is 1. The Hall–Kier alpha value is -2.01. The van der Waals surface area contributed by atoms with Crippen LogP contribution in [0.2, 0.25) is 0 Å². The van der Waals surface area contributed by atoms with Crippen LogP contribution in [0.3, 0.4) is 0 Å². The van der Waals surface area contributed by atoms with Crippen LogP contribution in [0.5, 0.6) is 0 Å². The first-order valence-corrected chi connectivity index (χ1v) is 6.08. The van der Waals surface area contributed by atoms with Crippen molar-refractivity contribution < 1.29 is 9.21 Å². The lowest BCUT2D eigenvalue weighted by Gasteiger charge is -2.04. The Bertz CT molecular complexity index is 792. The molecule has 0 radical (unpaired) electrons. The zero-order chi connectivity index (χ0) is 12.9. The number of hydrogen-bond donors (Lipinski definition) is 2. The van der Waals surface area contributed by atoms with E-state index < -0.39 is 5.91 Å². The van der Waals surface area contributed by atoms with Crippen molar-refractivity contribution in [2.45, 2.75) is 0 Å². The fourth-order valence-corrected chi connectivity index (χ4v) is 2.55. The number of rotatable bonds is 1. The minimum atomic E-state index is -0.555. The average Bonchev–Trinajstić information content (AvgIpc) is 2.72. The third-order valence-corrected chi connectivity index (χ3v) is 3.70. The van der Waals surface area contributed by atoms with Crippen LogP contribution < -0.4 is 11.5 Å². The quantitative estimate of drug-likeness (QED) is 0.678. The fourth-order valence-electron chi connectivity index (χ4n) is 2.04. The summed E-state index contributed by atoms with van der Waals surface area (Å²) >= 11 is 3.35. The van der Waals surface area contributed by atoms with E-state index in [1.54, 1.807) is 6.07 Å². The highest BCUT2D eigenvalue weighted by atomic mass is 79.9. The molecule has 5 heteroatoms. The van der Waals surface area contributed by atoms with Gasteiger partial charge in [-0.25, -0.2) is 0 Å². The highest BCUT2D eigenvalue weighted by Gasteiger charge is 2.17. The lowest BCUT2D eigenvalue weighted by molar-refractivity contribution is 0.100. The zero-order valence-electron chi connectivity index (χ0n) is 9.24. The van der Waals surface area contributed by atoms with Gasteiger partial charge in [0.15, 0.2) is 5.58 Å². The summed E-state index contributed by atoms with van der Waals surface area (Å²) in [7, 11) is 0. The van der Waals surface area contributed by atoms with Crippen molar-refractivity contribution in [1.29, 1.82) is 0 Å². The predicted octanol–water partition coefficient (Wildman–Crippen LogP) is 3.03. The van der Waals surface area contributed by atoms with Crippen LogP contribution in [-0.2, 0) is 0 Å². The lowest BCUT2D eigenvalue weighted by Crippen LogP contribution is -2.13. The van der Waals surface area contributed by atoms with Crippen LogP contribution >= 0.6 is 15.9 Å². The van der Waals surface area contributed by atoms with Crippen LogP contribution in [0.15, 0.2) is 39.2 Å². The summed E-state index contributed by atoms with van der Waals surface area (Å²) in [5.41, 5.74) is 13.1. The van der Waals surface area contributed by atoms with Crippen molar-refractivity contribution in [3.63, 3.8) is 0 Å². The molecule has 18 heavy (non-hydrogen) atoms. The van der Waals surface area contributed by atoms with Crippen LogP contribution in [-0.4, -0.2) is 5.91 Å². The standard InChI is InChI=1S/C13H9BrN2O2/c14-10-11(15)8(13(16)17)5-7-6-3-1-2-4-9(6)18-12(7)10/h1-5H,15H2,(H2,16,17). The van der Waals surface area contributed by atoms with Crippen molar-refractivity contribution in [3.8, 4) is 0 Å². The van der Waals surface area contributed by atoms with Crippen LogP contribution in [0, 0.1) is 0 Å². The first-order chi connectivity index (χ1) is 8.59. The van der Waals surface area contributed by atoms with Gasteiger partial charge in [0.25, 0.3) is 5.91 Å². The van der Waals surface area contributed by atoms with Crippen LogP contribution in [0.25, 0.3) is 21.9 Å². The molecule has 4 N–H and O–H groups in total. The third-order valence-electron chi connectivity index (χ3n) is 2.91. The second-order valence-electron chi connectivity index (χ2n) is 3.99. The predicted molar refractivity (Wildman–Crippen MR) is 74.4 cm³/mol. The first kappa shape index (κ1) is 11.1. The van der Waals surface area contributed by atoms with Crippen molar-refractivity contribution in [2.24, 2.45) is 5.73 Å². The molecule has 1 heterocycles. The molecule has 0 unspecified atom stereocenters. The van der Waals surface area contributed by atoms with E-state index in [-0.39, 0.29) is 0 Å². The van der Waals surface area contributed by atoms with Gasteiger partial charge in [-0.2, -0.15) is 0 Å². The Labute approximate surface area is 111 Å². The summed E-state index contributed by atoms with van der Waals surface area (Å²) < 4.78 is 6.28. The number of amides is 1.